The number of carbonyl (C=O) groups excluding carboxylic acids is 1. The number of nitrogens with zero attached hydrogens (tertiary/aromatic N) is 1. The van der Waals surface area contributed by atoms with E-state index in [0.29, 0.717) is 44.1 Å². The number of hydrogen-bond donors (Lipinski definition) is 6. The maximum atomic E-state index is 15.9. The molecule has 0 bridgehead atoms. The summed E-state index contributed by atoms with van der Waals surface area (Å²) in [4.78, 5) is 13.6. The molecule has 0 aromatic heterocycles. The first kappa shape index (κ1) is 29.6. The van der Waals surface area contributed by atoms with Crippen LogP contribution in [0, 0.1) is 5.82 Å². The Morgan fingerprint density at radius 1 is 1.10 bits per heavy atom. The smallest absolute Gasteiger partial charge is 0.254 e. The zero-order chi connectivity index (χ0) is 27.8. The molecular weight excluding hydrogens is 519 g/mol. The molecule has 8 nitrogen and oxygen atoms in total. The summed E-state index contributed by atoms with van der Waals surface area (Å²) in [7, 11) is -3.18. The van der Waals surface area contributed by atoms with Gasteiger partial charge in [0.1, 0.15) is 0 Å². The average Bonchev–Trinajstić information content (AvgIpc) is 2.93. The summed E-state index contributed by atoms with van der Waals surface area (Å²) in [6.45, 7) is 3.05. The topological polar surface area (TPSA) is 117 Å². The van der Waals surface area contributed by atoms with Gasteiger partial charge >= 0.3 is 0 Å². The van der Waals surface area contributed by atoms with Gasteiger partial charge in [0, 0.05) is 31.4 Å². The predicted octanol–water partition coefficient (Wildman–Crippen LogP) is 5.15. The van der Waals surface area contributed by atoms with Gasteiger partial charge in [-0.05, 0) is 56.7 Å². The molecule has 1 aliphatic carbocycles. The Morgan fingerprint density at radius 2 is 1.85 bits per heavy atom. The van der Waals surface area contributed by atoms with E-state index in [-0.39, 0.29) is 23.5 Å². The normalized spacial score (nSPS) is 20.2. The van der Waals surface area contributed by atoms with Crippen molar-refractivity contribution >= 4 is 28.1 Å². The van der Waals surface area contributed by atoms with Gasteiger partial charge < -0.3 is 21.1 Å². The lowest BCUT2D eigenvalue weighted by Gasteiger charge is -2.47. The van der Waals surface area contributed by atoms with Crippen molar-refractivity contribution in [3.05, 3.63) is 59.4 Å². The summed E-state index contributed by atoms with van der Waals surface area (Å²) in [5, 5.41) is 20.7. The van der Waals surface area contributed by atoms with E-state index in [2.05, 4.69) is 16.0 Å². The largest absolute Gasteiger partial charge is 0.390 e. The van der Waals surface area contributed by atoms with Crippen LogP contribution in [-0.4, -0.2) is 63.7 Å². The molecule has 2 aromatic rings. The van der Waals surface area contributed by atoms with Gasteiger partial charge in [-0.3, -0.25) is 18.2 Å². The van der Waals surface area contributed by atoms with Crippen molar-refractivity contribution in [1.29, 1.82) is 0 Å². The number of amides is 1. The minimum atomic E-state index is -3.18. The maximum Gasteiger partial charge on any atom is 0.254 e. The van der Waals surface area contributed by atoms with E-state index >= 15 is 4.39 Å². The van der Waals surface area contributed by atoms with Gasteiger partial charge in [0.05, 0.1) is 29.1 Å². The Kier molecular flexibility index (Phi) is 10.5. The third kappa shape index (κ3) is 7.85. The molecule has 2 aromatic carbocycles. The molecule has 1 saturated heterocycles. The van der Waals surface area contributed by atoms with Crippen molar-refractivity contribution in [2.45, 2.75) is 76.5 Å². The van der Waals surface area contributed by atoms with Crippen LogP contribution in [-0.2, 0) is 6.42 Å². The number of aliphatic hydroxyl groups excluding tert-OH is 1. The Hall–Kier alpha value is -2.37. The van der Waals surface area contributed by atoms with Gasteiger partial charge in [0.2, 0.25) is 0 Å². The first-order valence-corrected chi connectivity index (χ1v) is 15.8. The number of aliphatic hydroxyl groups is 1. The first-order chi connectivity index (χ1) is 18.8. The summed E-state index contributed by atoms with van der Waals surface area (Å²) in [5.41, 5.74) is 1.26. The van der Waals surface area contributed by atoms with Crippen molar-refractivity contribution in [2.75, 3.05) is 35.0 Å². The van der Waals surface area contributed by atoms with Gasteiger partial charge in [-0.2, -0.15) is 0 Å². The SMILES string of the molecule is CCNc1cc(C(=O)N[C@@H](Cc2ccccc2)[C@@H](O)CNC2CCCCC2)c(F)c(N2CCCCS2(O)O)c1. The first-order valence-electron chi connectivity index (χ1n) is 14.2. The monoisotopic (exact) mass is 562 g/mol. The molecule has 1 aliphatic heterocycles. The van der Waals surface area contributed by atoms with E-state index in [9.17, 15) is 19.0 Å². The summed E-state index contributed by atoms with van der Waals surface area (Å²) in [6.07, 6.45) is 6.56. The minimum absolute atomic E-state index is 0.00239. The third-order valence-corrected chi connectivity index (χ3v) is 9.55. The fourth-order valence-corrected chi connectivity index (χ4v) is 7.16. The second-order valence-corrected chi connectivity index (χ2v) is 12.7. The Labute approximate surface area is 232 Å². The highest BCUT2D eigenvalue weighted by Crippen LogP contribution is 2.51. The quantitative estimate of drug-likeness (QED) is 0.224. The predicted molar refractivity (Wildman–Crippen MR) is 157 cm³/mol. The van der Waals surface area contributed by atoms with E-state index in [0.717, 1.165) is 18.4 Å². The number of hydrogen-bond acceptors (Lipinski definition) is 7. The summed E-state index contributed by atoms with van der Waals surface area (Å²) in [6, 6.07) is 12.3. The maximum absolute atomic E-state index is 15.9. The molecule has 2 atom stereocenters. The Morgan fingerprint density at radius 3 is 2.54 bits per heavy atom. The van der Waals surface area contributed by atoms with E-state index in [1.54, 1.807) is 0 Å². The number of nitrogens with one attached hydrogen (secondary N) is 3. The second kappa shape index (κ2) is 13.8. The van der Waals surface area contributed by atoms with Crippen LogP contribution in [0.4, 0.5) is 15.8 Å². The van der Waals surface area contributed by atoms with E-state index in [1.165, 1.54) is 35.7 Å². The van der Waals surface area contributed by atoms with Crippen LogP contribution in [0.3, 0.4) is 0 Å². The molecule has 4 rings (SSSR count). The summed E-state index contributed by atoms with van der Waals surface area (Å²) >= 11 is 0. The number of carbonyl (C=O) groups is 1. The van der Waals surface area contributed by atoms with Gasteiger partial charge in [-0.25, -0.2) is 4.39 Å². The molecule has 2 fully saturated rings. The zero-order valence-electron chi connectivity index (χ0n) is 22.7. The van der Waals surface area contributed by atoms with Crippen LogP contribution in [0.2, 0.25) is 0 Å². The lowest BCUT2D eigenvalue weighted by atomic mass is 9.95. The number of halogens is 1. The molecule has 39 heavy (non-hydrogen) atoms. The molecule has 10 heteroatoms. The number of benzene rings is 2. The van der Waals surface area contributed by atoms with Crippen molar-refractivity contribution < 1.29 is 23.4 Å². The number of anilines is 2. The summed E-state index contributed by atoms with van der Waals surface area (Å²) < 4.78 is 38.5. The molecule has 0 unspecified atom stereocenters. The van der Waals surface area contributed by atoms with Gasteiger partial charge in [0.15, 0.2) is 5.82 Å². The summed E-state index contributed by atoms with van der Waals surface area (Å²) in [5.74, 6) is -1.29. The molecule has 1 amide bonds. The van der Waals surface area contributed by atoms with Crippen molar-refractivity contribution in [1.82, 2.24) is 10.6 Å². The van der Waals surface area contributed by atoms with Gasteiger partial charge in [0.25, 0.3) is 5.91 Å². The van der Waals surface area contributed by atoms with E-state index in [4.69, 9.17) is 0 Å². The van der Waals surface area contributed by atoms with Crippen LogP contribution in [0.25, 0.3) is 0 Å². The number of rotatable bonds is 11. The molecule has 216 valence electrons. The molecular formula is C29H43FN4O4S. The Balaban J connectivity index is 1.58. The minimum Gasteiger partial charge on any atom is -0.390 e. The molecule has 1 heterocycles. The van der Waals surface area contributed by atoms with Crippen LogP contribution >= 0.6 is 10.8 Å². The van der Waals surface area contributed by atoms with E-state index < -0.39 is 34.6 Å². The zero-order valence-corrected chi connectivity index (χ0v) is 23.6. The molecule has 6 N–H and O–H groups in total. The van der Waals surface area contributed by atoms with Crippen LogP contribution < -0.4 is 20.3 Å². The molecule has 2 aliphatic rings. The lowest BCUT2D eigenvalue weighted by molar-refractivity contribution is 0.0817. The molecule has 0 radical (unpaired) electrons. The fraction of sp³-hybridized carbons (Fsp3) is 0.552. The van der Waals surface area contributed by atoms with Gasteiger partial charge in [-0.1, -0.05) is 49.6 Å². The van der Waals surface area contributed by atoms with Crippen LogP contribution in [0.5, 0.6) is 0 Å². The molecule has 0 spiro atoms. The van der Waals surface area contributed by atoms with Gasteiger partial charge in [-0.15, -0.1) is 10.8 Å². The average molecular weight is 563 g/mol. The van der Waals surface area contributed by atoms with Crippen molar-refractivity contribution in [2.24, 2.45) is 0 Å². The molecule has 1 saturated carbocycles. The second-order valence-electron chi connectivity index (χ2n) is 10.6. The van der Waals surface area contributed by atoms with Crippen molar-refractivity contribution in [3.8, 4) is 0 Å². The third-order valence-electron chi connectivity index (χ3n) is 7.63. The highest BCUT2D eigenvalue weighted by molar-refractivity contribution is 8.25. The van der Waals surface area contributed by atoms with Crippen LogP contribution in [0.15, 0.2) is 42.5 Å². The van der Waals surface area contributed by atoms with Crippen LogP contribution in [0.1, 0.15) is 67.8 Å². The lowest BCUT2D eigenvalue weighted by Crippen LogP contribution is -2.50. The van der Waals surface area contributed by atoms with Crippen molar-refractivity contribution in [3.63, 3.8) is 0 Å². The standard InChI is InChI=1S/C29H43FN4O4S/c1-2-31-23-18-24(28(30)26(19-23)34-15-9-10-16-39(34,37)38)29(36)33-25(17-21-11-5-3-6-12-21)27(35)20-32-22-13-7-4-8-14-22/h3,5-6,11-12,18-19,22,25,27,31-32,35,37-38H,2,4,7-10,13-17,20H2,1H3,(H,33,36)/t25-,27-/m0/s1. The fourth-order valence-electron chi connectivity index (χ4n) is 5.48. The van der Waals surface area contributed by atoms with E-state index in [1.807, 2.05) is 37.3 Å². The highest BCUT2D eigenvalue weighted by Gasteiger charge is 2.32. The highest BCUT2D eigenvalue weighted by atomic mass is 32.3. The Bertz CT molecular complexity index is 1080.